The topological polar surface area (TPSA) is 54.3 Å². The summed E-state index contributed by atoms with van der Waals surface area (Å²) in [5, 5.41) is 5.87. The second-order valence-corrected chi connectivity index (χ2v) is 3.95. The summed E-state index contributed by atoms with van der Waals surface area (Å²) in [6.07, 6.45) is 1.59. The summed E-state index contributed by atoms with van der Waals surface area (Å²) >= 11 is 0. The van der Waals surface area contributed by atoms with Crippen LogP contribution in [0.2, 0.25) is 0 Å². The molecule has 4 heteroatoms. The predicted octanol–water partition coefficient (Wildman–Crippen LogP) is 1.69. The van der Waals surface area contributed by atoms with Crippen molar-refractivity contribution in [1.29, 1.82) is 0 Å². The van der Waals surface area contributed by atoms with Gasteiger partial charge in [0.2, 0.25) is 5.91 Å². The third kappa shape index (κ3) is 4.07. The molecule has 2 rings (SSSR count). The average Bonchev–Trinajstić information content (AvgIpc) is 2.91. The summed E-state index contributed by atoms with van der Waals surface area (Å²) in [4.78, 5) is 11.5. The molecular weight excluding hydrogens is 228 g/mol. The van der Waals surface area contributed by atoms with Gasteiger partial charge in [0.1, 0.15) is 5.76 Å². The Morgan fingerprint density at radius 2 is 1.89 bits per heavy atom. The normalized spacial score (nSPS) is 10.2. The molecule has 18 heavy (non-hydrogen) atoms. The highest BCUT2D eigenvalue weighted by Crippen LogP contribution is 1.98. The van der Waals surface area contributed by atoms with Crippen LogP contribution in [0.3, 0.4) is 0 Å². The third-order valence-corrected chi connectivity index (χ3v) is 2.50. The third-order valence-electron chi connectivity index (χ3n) is 2.50. The first-order chi connectivity index (χ1) is 8.84. The van der Waals surface area contributed by atoms with Gasteiger partial charge in [-0.1, -0.05) is 30.3 Å². The monoisotopic (exact) mass is 244 g/mol. The van der Waals surface area contributed by atoms with Crippen LogP contribution in [0.4, 0.5) is 0 Å². The van der Waals surface area contributed by atoms with Gasteiger partial charge in [-0.05, 0) is 17.7 Å². The molecule has 0 atom stereocenters. The highest BCUT2D eigenvalue weighted by molar-refractivity contribution is 5.77. The smallest absolute Gasteiger partial charge is 0.234 e. The summed E-state index contributed by atoms with van der Waals surface area (Å²) in [5.74, 6) is 0.716. The van der Waals surface area contributed by atoms with E-state index >= 15 is 0 Å². The molecule has 1 amide bonds. The Labute approximate surface area is 106 Å². The molecule has 0 spiro atoms. The van der Waals surface area contributed by atoms with Gasteiger partial charge in [-0.3, -0.25) is 4.79 Å². The molecule has 4 nitrogen and oxygen atoms in total. The van der Waals surface area contributed by atoms with E-state index in [0.29, 0.717) is 19.6 Å². The van der Waals surface area contributed by atoms with Crippen LogP contribution >= 0.6 is 0 Å². The van der Waals surface area contributed by atoms with E-state index in [1.807, 2.05) is 36.4 Å². The van der Waals surface area contributed by atoms with E-state index in [-0.39, 0.29) is 5.91 Å². The van der Waals surface area contributed by atoms with Gasteiger partial charge in [-0.2, -0.15) is 0 Å². The minimum atomic E-state index is -0.0395. The molecule has 0 aliphatic carbocycles. The average molecular weight is 244 g/mol. The molecule has 0 bridgehead atoms. The molecule has 0 radical (unpaired) electrons. The highest BCUT2D eigenvalue weighted by Gasteiger charge is 2.01. The first kappa shape index (κ1) is 12.4. The van der Waals surface area contributed by atoms with E-state index < -0.39 is 0 Å². The predicted molar refractivity (Wildman–Crippen MR) is 68.7 cm³/mol. The Morgan fingerprint density at radius 1 is 1.06 bits per heavy atom. The van der Waals surface area contributed by atoms with Gasteiger partial charge in [0.25, 0.3) is 0 Å². The number of hydrogen-bond acceptors (Lipinski definition) is 3. The van der Waals surface area contributed by atoms with Crippen molar-refractivity contribution < 1.29 is 9.21 Å². The minimum absolute atomic E-state index is 0.0395. The quantitative estimate of drug-likeness (QED) is 0.813. The van der Waals surface area contributed by atoms with Crippen molar-refractivity contribution in [2.75, 3.05) is 6.54 Å². The Balaban J connectivity index is 1.63. The number of carbonyl (C=O) groups is 1. The Bertz CT molecular complexity index is 466. The molecule has 2 aromatic rings. The second-order valence-electron chi connectivity index (χ2n) is 3.95. The molecular formula is C14H16N2O2. The lowest BCUT2D eigenvalue weighted by molar-refractivity contribution is -0.120. The molecule has 0 aliphatic heterocycles. The Hall–Kier alpha value is -2.07. The highest BCUT2D eigenvalue weighted by atomic mass is 16.3. The van der Waals surface area contributed by atoms with Crippen molar-refractivity contribution in [3.05, 3.63) is 60.1 Å². The van der Waals surface area contributed by atoms with Crippen LogP contribution in [0, 0.1) is 0 Å². The Morgan fingerprint density at radius 3 is 2.61 bits per heavy atom. The largest absolute Gasteiger partial charge is 0.467 e. The Kier molecular flexibility index (Phi) is 4.55. The maximum atomic E-state index is 11.5. The zero-order valence-electron chi connectivity index (χ0n) is 10.1. The van der Waals surface area contributed by atoms with Crippen molar-refractivity contribution in [3.8, 4) is 0 Å². The summed E-state index contributed by atoms with van der Waals surface area (Å²) in [6, 6.07) is 13.6. The van der Waals surface area contributed by atoms with Crippen molar-refractivity contribution >= 4 is 5.91 Å². The molecule has 1 heterocycles. The lowest BCUT2D eigenvalue weighted by Gasteiger charge is -2.05. The van der Waals surface area contributed by atoms with Crippen molar-refractivity contribution in [2.45, 2.75) is 13.1 Å². The van der Waals surface area contributed by atoms with Crippen molar-refractivity contribution in [1.82, 2.24) is 10.6 Å². The van der Waals surface area contributed by atoms with E-state index in [1.54, 1.807) is 12.3 Å². The van der Waals surface area contributed by atoms with E-state index in [0.717, 1.165) is 11.3 Å². The van der Waals surface area contributed by atoms with Crippen LogP contribution < -0.4 is 10.6 Å². The molecule has 1 aromatic carbocycles. The molecule has 94 valence electrons. The van der Waals surface area contributed by atoms with Crippen molar-refractivity contribution in [2.24, 2.45) is 0 Å². The van der Waals surface area contributed by atoms with Gasteiger partial charge in [0.15, 0.2) is 0 Å². The molecule has 0 saturated heterocycles. The summed E-state index contributed by atoms with van der Waals surface area (Å²) in [6.45, 7) is 1.42. The van der Waals surface area contributed by atoms with Crippen LogP contribution in [0.1, 0.15) is 11.3 Å². The fraction of sp³-hybridized carbons (Fsp3) is 0.214. The van der Waals surface area contributed by atoms with Gasteiger partial charge in [-0.25, -0.2) is 0 Å². The number of benzene rings is 1. The van der Waals surface area contributed by atoms with Crippen LogP contribution in [-0.2, 0) is 17.9 Å². The number of rotatable bonds is 6. The second kappa shape index (κ2) is 6.61. The molecule has 2 N–H and O–H groups in total. The summed E-state index contributed by atoms with van der Waals surface area (Å²) < 4.78 is 5.12. The van der Waals surface area contributed by atoms with Gasteiger partial charge < -0.3 is 15.1 Å². The molecule has 1 aromatic heterocycles. The number of hydrogen-bond donors (Lipinski definition) is 2. The lowest BCUT2D eigenvalue weighted by Crippen LogP contribution is -2.33. The molecule has 0 unspecified atom stereocenters. The van der Waals surface area contributed by atoms with E-state index in [4.69, 9.17) is 4.42 Å². The fourth-order valence-electron chi connectivity index (χ4n) is 1.58. The van der Waals surface area contributed by atoms with Crippen LogP contribution in [0.5, 0.6) is 0 Å². The first-order valence-corrected chi connectivity index (χ1v) is 5.88. The number of furan rings is 1. The van der Waals surface area contributed by atoms with Gasteiger partial charge in [0.05, 0.1) is 19.4 Å². The van der Waals surface area contributed by atoms with Gasteiger partial charge >= 0.3 is 0 Å². The summed E-state index contributed by atoms with van der Waals surface area (Å²) in [7, 11) is 0. The SMILES string of the molecule is O=C(CNCc1ccccc1)NCc1ccco1. The number of amides is 1. The zero-order valence-corrected chi connectivity index (χ0v) is 10.1. The van der Waals surface area contributed by atoms with Crippen LogP contribution in [-0.4, -0.2) is 12.5 Å². The maximum absolute atomic E-state index is 11.5. The summed E-state index contributed by atoms with van der Waals surface area (Å²) in [5.41, 5.74) is 1.16. The zero-order chi connectivity index (χ0) is 12.6. The van der Waals surface area contributed by atoms with E-state index in [9.17, 15) is 4.79 Å². The van der Waals surface area contributed by atoms with Crippen LogP contribution in [0.25, 0.3) is 0 Å². The number of carbonyl (C=O) groups excluding carboxylic acids is 1. The standard InChI is InChI=1S/C14H16N2O2/c17-14(16-10-13-7-4-8-18-13)11-15-9-12-5-2-1-3-6-12/h1-8,15H,9-11H2,(H,16,17). The van der Waals surface area contributed by atoms with Crippen molar-refractivity contribution in [3.63, 3.8) is 0 Å². The maximum Gasteiger partial charge on any atom is 0.234 e. The first-order valence-electron chi connectivity index (χ1n) is 5.88. The van der Waals surface area contributed by atoms with E-state index in [1.165, 1.54) is 0 Å². The van der Waals surface area contributed by atoms with Gasteiger partial charge in [-0.15, -0.1) is 0 Å². The van der Waals surface area contributed by atoms with Crippen LogP contribution in [0.15, 0.2) is 53.1 Å². The molecule has 0 saturated carbocycles. The number of nitrogens with one attached hydrogen (secondary N) is 2. The van der Waals surface area contributed by atoms with Gasteiger partial charge in [0, 0.05) is 6.54 Å². The lowest BCUT2D eigenvalue weighted by atomic mass is 10.2. The molecule has 0 fully saturated rings. The fourth-order valence-corrected chi connectivity index (χ4v) is 1.58. The van der Waals surface area contributed by atoms with E-state index in [2.05, 4.69) is 10.6 Å². The minimum Gasteiger partial charge on any atom is -0.467 e. The molecule has 0 aliphatic rings.